The Kier molecular flexibility index (Phi) is 4.37. The summed E-state index contributed by atoms with van der Waals surface area (Å²) in [6.45, 7) is 6.38. The third-order valence-electron chi connectivity index (χ3n) is 3.61. The van der Waals surface area contributed by atoms with E-state index in [0.717, 1.165) is 16.3 Å². The first kappa shape index (κ1) is 16.0. The normalized spacial score (nSPS) is 18.3. The van der Waals surface area contributed by atoms with Crippen molar-refractivity contribution >= 4 is 23.0 Å². The van der Waals surface area contributed by atoms with Gasteiger partial charge in [-0.2, -0.15) is 5.10 Å². The van der Waals surface area contributed by atoms with E-state index < -0.39 is 0 Å². The average molecular weight is 331 g/mol. The SMILES string of the molecule is CC(C)(C)NCC(=O)N1N=C(c2ccco2)C[C@H]1c1cccs1. The van der Waals surface area contributed by atoms with Crippen LogP contribution in [0.1, 0.15) is 43.9 Å². The number of thiophene rings is 1. The van der Waals surface area contributed by atoms with E-state index in [1.807, 2.05) is 50.4 Å². The predicted octanol–water partition coefficient (Wildman–Crippen LogP) is 3.41. The molecule has 23 heavy (non-hydrogen) atoms. The maximum atomic E-state index is 12.6. The van der Waals surface area contributed by atoms with Gasteiger partial charge in [-0.1, -0.05) is 6.07 Å². The molecule has 122 valence electrons. The van der Waals surface area contributed by atoms with E-state index in [0.29, 0.717) is 6.42 Å². The molecule has 0 radical (unpaired) electrons. The molecular formula is C17H21N3O2S. The summed E-state index contributed by atoms with van der Waals surface area (Å²) < 4.78 is 5.44. The van der Waals surface area contributed by atoms with Gasteiger partial charge in [-0.3, -0.25) is 4.79 Å². The summed E-state index contributed by atoms with van der Waals surface area (Å²) >= 11 is 1.65. The lowest BCUT2D eigenvalue weighted by atomic mass is 10.1. The highest BCUT2D eigenvalue weighted by atomic mass is 32.1. The van der Waals surface area contributed by atoms with Crippen LogP contribution in [-0.4, -0.2) is 28.7 Å². The minimum absolute atomic E-state index is 0.0279. The van der Waals surface area contributed by atoms with Gasteiger partial charge in [0.15, 0.2) is 0 Å². The van der Waals surface area contributed by atoms with Crippen LogP contribution >= 0.6 is 11.3 Å². The Hall–Kier alpha value is -1.92. The topological polar surface area (TPSA) is 57.8 Å². The molecule has 1 aliphatic rings. The number of hydrogen-bond donors (Lipinski definition) is 1. The lowest BCUT2D eigenvalue weighted by Crippen LogP contribution is -2.43. The largest absolute Gasteiger partial charge is 0.463 e. The third kappa shape index (κ3) is 3.71. The van der Waals surface area contributed by atoms with Gasteiger partial charge in [0, 0.05) is 16.8 Å². The van der Waals surface area contributed by atoms with Crippen molar-refractivity contribution in [2.45, 2.75) is 38.8 Å². The molecule has 0 unspecified atom stereocenters. The molecule has 1 N–H and O–H groups in total. The van der Waals surface area contributed by atoms with Gasteiger partial charge < -0.3 is 9.73 Å². The van der Waals surface area contributed by atoms with E-state index in [9.17, 15) is 4.79 Å². The molecule has 3 heterocycles. The molecule has 0 aliphatic carbocycles. The van der Waals surface area contributed by atoms with Gasteiger partial charge in [0.25, 0.3) is 5.91 Å². The van der Waals surface area contributed by atoms with Crippen LogP contribution in [0.15, 0.2) is 45.4 Å². The highest BCUT2D eigenvalue weighted by Crippen LogP contribution is 2.35. The van der Waals surface area contributed by atoms with Gasteiger partial charge in [0.2, 0.25) is 0 Å². The number of hydrazone groups is 1. The molecule has 5 nitrogen and oxygen atoms in total. The molecule has 0 fully saturated rings. The maximum absolute atomic E-state index is 12.6. The predicted molar refractivity (Wildman–Crippen MR) is 91.5 cm³/mol. The van der Waals surface area contributed by atoms with Crippen molar-refractivity contribution in [3.63, 3.8) is 0 Å². The molecule has 1 amide bonds. The smallest absolute Gasteiger partial charge is 0.257 e. The van der Waals surface area contributed by atoms with Crippen LogP contribution in [0.25, 0.3) is 0 Å². The number of nitrogens with one attached hydrogen (secondary N) is 1. The van der Waals surface area contributed by atoms with Gasteiger partial charge in [-0.15, -0.1) is 11.3 Å². The Bertz CT molecular complexity index is 684. The van der Waals surface area contributed by atoms with Crippen molar-refractivity contribution < 1.29 is 9.21 Å². The van der Waals surface area contributed by atoms with E-state index in [-0.39, 0.29) is 24.0 Å². The Balaban J connectivity index is 1.81. The fourth-order valence-electron chi connectivity index (χ4n) is 2.46. The number of amides is 1. The molecule has 0 aromatic carbocycles. The summed E-state index contributed by atoms with van der Waals surface area (Å²) in [6.07, 6.45) is 2.30. The molecule has 0 saturated heterocycles. The fourth-order valence-corrected chi connectivity index (χ4v) is 3.27. The number of carbonyl (C=O) groups is 1. The molecule has 0 saturated carbocycles. The fraction of sp³-hybridized carbons (Fsp3) is 0.412. The first-order valence-electron chi connectivity index (χ1n) is 7.66. The molecule has 6 heteroatoms. The van der Waals surface area contributed by atoms with Crippen LogP contribution in [-0.2, 0) is 4.79 Å². The Morgan fingerprint density at radius 1 is 1.43 bits per heavy atom. The zero-order chi connectivity index (χ0) is 16.4. The average Bonchev–Trinajstić information content (AvgIpc) is 3.22. The van der Waals surface area contributed by atoms with Crippen LogP contribution < -0.4 is 5.32 Å². The summed E-state index contributed by atoms with van der Waals surface area (Å²) in [7, 11) is 0. The third-order valence-corrected chi connectivity index (χ3v) is 4.59. The van der Waals surface area contributed by atoms with Crippen molar-refractivity contribution in [2.24, 2.45) is 5.10 Å². The summed E-state index contributed by atoms with van der Waals surface area (Å²) in [6, 6.07) is 7.72. The van der Waals surface area contributed by atoms with E-state index in [1.165, 1.54) is 0 Å². The monoisotopic (exact) mass is 331 g/mol. The van der Waals surface area contributed by atoms with Gasteiger partial charge >= 0.3 is 0 Å². The highest BCUT2D eigenvalue weighted by Gasteiger charge is 2.34. The van der Waals surface area contributed by atoms with Crippen molar-refractivity contribution in [1.82, 2.24) is 10.3 Å². The van der Waals surface area contributed by atoms with Crippen molar-refractivity contribution in [3.8, 4) is 0 Å². The summed E-state index contributed by atoms with van der Waals surface area (Å²) in [5.74, 6) is 0.700. The first-order chi connectivity index (χ1) is 10.9. The van der Waals surface area contributed by atoms with Gasteiger partial charge in [0.1, 0.15) is 11.5 Å². The lowest BCUT2D eigenvalue weighted by molar-refractivity contribution is -0.132. The molecule has 3 rings (SSSR count). The minimum Gasteiger partial charge on any atom is -0.463 e. The van der Waals surface area contributed by atoms with Crippen LogP contribution in [0, 0.1) is 0 Å². The van der Waals surface area contributed by atoms with E-state index in [2.05, 4.69) is 10.4 Å². The molecule has 0 spiro atoms. The summed E-state index contributed by atoms with van der Waals surface area (Å²) in [5, 5.41) is 11.4. The second-order valence-corrected chi connectivity index (χ2v) is 7.58. The number of hydrogen-bond acceptors (Lipinski definition) is 5. The Labute approximate surface area is 140 Å². The molecular weight excluding hydrogens is 310 g/mol. The van der Waals surface area contributed by atoms with Crippen LogP contribution in [0.4, 0.5) is 0 Å². The summed E-state index contributed by atoms with van der Waals surface area (Å²) in [4.78, 5) is 13.8. The molecule has 1 aliphatic heterocycles. The molecule has 2 aromatic heterocycles. The molecule has 2 aromatic rings. The Morgan fingerprint density at radius 2 is 2.26 bits per heavy atom. The standard InChI is InChI=1S/C17H21N3O2S/c1-17(2,3)18-11-16(21)20-13(15-7-5-9-23-15)10-12(19-20)14-6-4-8-22-14/h4-9,13,18H,10-11H2,1-3H3/t13-/m0/s1. The van der Waals surface area contributed by atoms with E-state index in [1.54, 1.807) is 22.6 Å². The number of furan rings is 1. The van der Waals surface area contributed by atoms with Crippen molar-refractivity contribution in [3.05, 3.63) is 46.5 Å². The van der Waals surface area contributed by atoms with Crippen LogP contribution in [0.2, 0.25) is 0 Å². The second-order valence-electron chi connectivity index (χ2n) is 6.60. The number of nitrogens with zero attached hydrogens (tertiary/aromatic N) is 2. The maximum Gasteiger partial charge on any atom is 0.257 e. The highest BCUT2D eigenvalue weighted by molar-refractivity contribution is 7.10. The first-order valence-corrected chi connectivity index (χ1v) is 8.54. The number of carbonyl (C=O) groups excluding carboxylic acids is 1. The zero-order valence-electron chi connectivity index (χ0n) is 13.6. The quantitative estimate of drug-likeness (QED) is 0.934. The van der Waals surface area contributed by atoms with E-state index >= 15 is 0 Å². The second kappa shape index (κ2) is 6.29. The Morgan fingerprint density at radius 3 is 2.87 bits per heavy atom. The van der Waals surface area contributed by atoms with E-state index in [4.69, 9.17) is 4.42 Å². The molecule has 0 bridgehead atoms. The van der Waals surface area contributed by atoms with Gasteiger partial charge in [-0.05, 0) is 44.4 Å². The zero-order valence-corrected chi connectivity index (χ0v) is 14.4. The van der Waals surface area contributed by atoms with Gasteiger partial charge in [0.05, 0.1) is 18.8 Å². The molecule has 1 atom stereocenters. The van der Waals surface area contributed by atoms with Crippen LogP contribution in [0.5, 0.6) is 0 Å². The van der Waals surface area contributed by atoms with Gasteiger partial charge in [-0.25, -0.2) is 5.01 Å². The number of rotatable bonds is 4. The van der Waals surface area contributed by atoms with Crippen molar-refractivity contribution in [1.29, 1.82) is 0 Å². The lowest BCUT2D eigenvalue weighted by Gasteiger charge is -2.24. The van der Waals surface area contributed by atoms with Crippen LogP contribution in [0.3, 0.4) is 0 Å². The van der Waals surface area contributed by atoms with Crippen molar-refractivity contribution in [2.75, 3.05) is 6.54 Å². The minimum atomic E-state index is -0.110. The summed E-state index contributed by atoms with van der Waals surface area (Å²) in [5.41, 5.74) is 0.707.